The largest absolute Gasteiger partial charge is 0.352 e. The van der Waals surface area contributed by atoms with E-state index in [0.717, 1.165) is 12.0 Å². The van der Waals surface area contributed by atoms with Crippen molar-refractivity contribution in [2.75, 3.05) is 14.1 Å². The molecule has 1 heterocycles. The van der Waals surface area contributed by atoms with Crippen LogP contribution in [0.3, 0.4) is 0 Å². The molecule has 0 aliphatic heterocycles. The fourth-order valence-electron chi connectivity index (χ4n) is 2.00. The van der Waals surface area contributed by atoms with E-state index in [1.54, 1.807) is 42.5 Å². The minimum atomic E-state index is -0.0217. The predicted molar refractivity (Wildman–Crippen MR) is 88.9 cm³/mol. The van der Waals surface area contributed by atoms with Gasteiger partial charge in [-0.25, -0.2) is 0 Å². The Balaban J connectivity index is 1.79. The summed E-state index contributed by atoms with van der Waals surface area (Å²) in [5.74, 6) is 0.0216. The first-order valence-corrected chi connectivity index (χ1v) is 8.04. The molecule has 4 nitrogen and oxygen atoms in total. The summed E-state index contributed by atoms with van der Waals surface area (Å²) in [6.45, 7) is 0.486. The number of nitrogens with one attached hydrogen (secondary N) is 1. The number of carbonyl (C=O) groups excluding carboxylic acids is 2. The molecule has 2 rings (SSSR count). The quantitative estimate of drug-likeness (QED) is 0.891. The van der Waals surface area contributed by atoms with Crippen molar-refractivity contribution in [2.45, 2.75) is 19.4 Å². The number of aryl methyl sites for hydroxylation is 1. The van der Waals surface area contributed by atoms with Gasteiger partial charge in [0.25, 0.3) is 5.91 Å². The first-order valence-electron chi connectivity index (χ1n) is 7.16. The molecule has 0 fully saturated rings. The van der Waals surface area contributed by atoms with Crippen molar-refractivity contribution in [1.29, 1.82) is 0 Å². The van der Waals surface area contributed by atoms with Crippen molar-refractivity contribution in [3.63, 3.8) is 0 Å². The smallest absolute Gasteiger partial charge is 0.253 e. The average Bonchev–Trinajstić information content (AvgIpc) is 3.04. The van der Waals surface area contributed by atoms with Gasteiger partial charge in [-0.05, 0) is 35.6 Å². The molecule has 0 saturated carbocycles. The second kappa shape index (κ2) is 7.75. The van der Waals surface area contributed by atoms with Crippen molar-refractivity contribution in [1.82, 2.24) is 10.2 Å². The van der Waals surface area contributed by atoms with Crippen molar-refractivity contribution in [3.8, 4) is 0 Å². The fourth-order valence-corrected chi connectivity index (χ4v) is 2.71. The Morgan fingerprint density at radius 3 is 2.45 bits per heavy atom. The van der Waals surface area contributed by atoms with Crippen LogP contribution in [0.25, 0.3) is 0 Å². The van der Waals surface area contributed by atoms with Gasteiger partial charge in [0.05, 0.1) is 0 Å². The molecular formula is C17H20N2O2S. The Hall–Kier alpha value is -2.14. The second-order valence-electron chi connectivity index (χ2n) is 5.25. The van der Waals surface area contributed by atoms with E-state index in [1.165, 1.54) is 4.88 Å². The van der Waals surface area contributed by atoms with Crippen LogP contribution in [0.1, 0.15) is 27.2 Å². The number of benzene rings is 1. The number of amides is 2. The van der Waals surface area contributed by atoms with Crippen LogP contribution in [0.15, 0.2) is 41.8 Å². The number of carbonyl (C=O) groups is 2. The highest BCUT2D eigenvalue weighted by molar-refractivity contribution is 7.09. The molecule has 0 saturated heterocycles. The third kappa shape index (κ3) is 4.70. The highest BCUT2D eigenvalue weighted by Crippen LogP contribution is 2.11. The van der Waals surface area contributed by atoms with Crippen molar-refractivity contribution in [2.24, 2.45) is 0 Å². The number of hydrogen-bond donors (Lipinski definition) is 1. The molecule has 116 valence electrons. The predicted octanol–water partition coefficient (Wildman–Crippen LogP) is 2.70. The number of thiophene rings is 1. The van der Waals surface area contributed by atoms with Gasteiger partial charge in [-0.1, -0.05) is 18.2 Å². The number of nitrogens with zero attached hydrogens (tertiary/aromatic N) is 1. The molecular weight excluding hydrogens is 296 g/mol. The lowest BCUT2D eigenvalue weighted by atomic mass is 10.1. The molecule has 0 spiro atoms. The monoisotopic (exact) mass is 316 g/mol. The zero-order valence-electron chi connectivity index (χ0n) is 12.8. The molecule has 1 N–H and O–H groups in total. The third-order valence-corrected chi connectivity index (χ3v) is 4.21. The Labute approximate surface area is 134 Å². The van der Waals surface area contributed by atoms with Crippen LogP contribution in [0, 0.1) is 0 Å². The van der Waals surface area contributed by atoms with Gasteiger partial charge in [0.1, 0.15) is 0 Å². The van der Waals surface area contributed by atoms with Gasteiger partial charge in [-0.15, -0.1) is 11.3 Å². The highest BCUT2D eigenvalue weighted by atomic mass is 32.1. The maximum absolute atomic E-state index is 11.8. The highest BCUT2D eigenvalue weighted by Gasteiger charge is 2.07. The van der Waals surface area contributed by atoms with Gasteiger partial charge < -0.3 is 10.2 Å². The number of hydrogen-bond acceptors (Lipinski definition) is 3. The topological polar surface area (TPSA) is 49.4 Å². The van der Waals surface area contributed by atoms with Gasteiger partial charge >= 0.3 is 0 Å². The first kappa shape index (κ1) is 16.2. The summed E-state index contributed by atoms with van der Waals surface area (Å²) in [6.07, 6.45) is 1.28. The van der Waals surface area contributed by atoms with E-state index in [2.05, 4.69) is 5.32 Å². The zero-order chi connectivity index (χ0) is 15.9. The molecule has 5 heteroatoms. The summed E-state index contributed by atoms with van der Waals surface area (Å²) in [5.41, 5.74) is 1.64. The van der Waals surface area contributed by atoms with E-state index in [4.69, 9.17) is 0 Å². The Morgan fingerprint density at radius 2 is 1.86 bits per heavy atom. The minimum absolute atomic E-state index is 0.0217. The van der Waals surface area contributed by atoms with Crippen molar-refractivity contribution in [3.05, 3.63) is 57.8 Å². The molecule has 0 aliphatic rings. The molecule has 0 unspecified atom stereocenters. The molecule has 1 aromatic carbocycles. The van der Waals surface area contributed by atoms with Crippen LogP contribution in [0.4, 0.5) is 0 Å². The third-order valence-electron chi connectivity index (χ3n) is 3.28. The Bertz CT molecular complexity index is 619. The Morgan fingerprint density at radius 1 is 1.14 bits per heavy atom. The molecule has 22 heavy (non-hydrogen) atoms. The van der Waals surface area contributed by atoms with Crippen LogP contribution in [-0.4, -0.2) is 30.8 Å². The molecule has 1 aromatic heterocycles. The van der Waals surface area contributed by atoms with Crippen molar-refractivity contribution >= 4 is 23.2 Å². The van der Waals surface area contributed by atoms with Crippen LogP contribution in [0.2, 0.25) is 0 Å². The van der Waals surface area contributed by atoms with E-state index in [9.17, 15) is 9.59 Å². The maximum Gasteiger partial charge on any atom is 0.253 e. The van der Waals surface area contributed by atoms with E-state index in [1.807, 2.05) is 29.6 Å². The molecule has 0 atom stereocenters. The van der Waals surface area contributed by atoms with Gasteiger partial charge in [-0.3, -0.25) is 9.59 Å². The fraction of sp³-hybridized carbons (Fsp3) is 0.294. The SMILES string of the molecule is CN(C)C(=O)c1ccc(CNC(=O)CCc2cccs2)cc1. The van der Waals surface area contributed by atoms with Gasteiger partial charge in [0, 0.05) is 37.5 Å². The standard InChI is InChI=1S/C17H20N2O2S/c1-19(2)17(21)14-7-5-13(6-8-14)12-18-16(20)10-9-15-4-3-11-22-15/h3-8,11H,9-10,12H2,1-2H3,(H,18,20). The lowest BCUT2D eigenvalue weighted by molar-refractivity contribution is -0.121. The molecule has 0 radical (unpaired) electrons. The summed E-state index contributed by atoms with van der Waals surface area (Å²) < 4.78 is 0. The lowest BCUT2D eigenvalue weighted by Crippen LogP contribution is -2.23. The van der Waals surface area contributed by atoms with Crippen LogP contribution in [0.5, 0.6) is 0 Å². The average molecular weight is 316 g/mol. The van der Waals surface area contributed by atoms with Crippen LogP contribution >= 0.6 is 11.3 Å². The molecule has 0 bridgehead atoms. The lowest BCUT2D eigenvalue weighted by Gasteiger charge is -2.10. The Kier molecular flexibility index (Phi) is 5.72. The molecule has 0 aliphatic carbocycles. The minimum Gasteiger partial charge on any atom is -0.352 e. The molecule has 2 aromatic rings. The summed E-state index contributed by atoms with van der Waals surface area (Å²) >= 11 is 1.67. The maximum atomic E-state index is 11.8. The van der Waals surface area contributed by atoms with Crippen LogP contribution < -0.4 is 5.32 Å². The zero-order valence-corrected chi connectivity index (χ0v) is 13.7. The van der Waals surface area contributed by atoms with Crippen molar-refractivity contribution < 1.29 is 9.59 Å². The van der Waals surface area contributed by atoms with Crippen LogP contribution in [-0.2, 0) is 17.8 Å². The normalized spacial score (nSPS) is 10.3. The van der Waals surface area contributed by atoms with Gasteiger partial charge in [0.15, 0.2) is 0 Å². The molecule has 2 amide bonds. The van der Waals surface area contributed by atoms with E-state index in [0.29, 0.717) is 18.5 Å². The summed E-state index contributed by atoms with van der Waals surface area (Å²) in [4.78, 5) is 26.4. The van der Waals surface area contributed by atoms with E-state index >= 15 is 0 Å². The first-order chi connectivity index (χ1) is 10.6. The number of rotatable bonds is 6. The van der Waals surface area contributed by atoms with E-state index in [-0.39, 0.29) is 11.8 Å². The summed E-state index contributed by atoms with van der Waals surface area (Å²) in [6, 6.07) is 11.4. The van der Waals surface area contributed by atoms with E-state index < -0.39 is 0 Å². The summed E-state index contributed by atoms with van der Waals surface area (Å²) in [5, 5.41) is 4.92. The summed E-state index contributed by atoms with van der Waals surface area (Å²) in [7, 11) is 3.45. The van der Waals surface area contributed by atoms with Gasteiger partial charge in [0.2, 0.25) is 5.91 Å². The van der Waals surface area contributed by atoms with Gasteiger partial charge in [-0.2, -0.15) is 0 Å². The second-order valence-corrected chi connectivity index (χ2v) is 6.28.